The highest BCUT2D eigenvalue weighted by atomic mass is 79.9. The lowest BCUT2D eigenvalue weighted by atomic mass is 10.3. The van der Waals surface area contributed by atoms with Crippen molar-refractivity contribution >= 4 is 43.2 Å². The van der Waals surface area contributed by atoms with Crippen molar-refractivity contribution < 1.29 is 13.2 Å². The summed E-state index contributed by atoms with van der Waals surface area (Å²) >= 11 is 6.79. The molecule has 6 heteroatoms. The van der Waals surface area contributed by atoms with Crippen molar-refractivity contribution in [2.45, 2.75) is 6.18 Å². The van der Waals surface area contributed by atoms with E-state index in [9.17, 15) is 13.2 Å². The van der Waals surface area contributed by atoms with E-state index in [0.717, 1.165) is 17.4 Å². The molecule has 0 spiro atoms. The predicted molar refractivity (Wildman–Crippen MR) is 44.7 cm³/mol. The Labute approximate surface area is 81.7 Å². The van der Waals surface area contributed by atoms with Gasteiger partial charge in [-0.15, -0.1) is 11.3 Å². The van der Waals surface area contributed by atoms with Crippen LogP contribution in [0.3, 0.4) is 0 Å². The minimum atomic E-state index is -4.26. The van der Waals surface area contributed by atoms with E-state index in [1.807, 2.05) is 0 Å². The van der Waals surface area contributed by atoms with Crippen molar-refractivity contribution in [3.05, 3.63) is 19.2 Å². The van der Waals surface area contributed by atoms with Crippen LogP contribution in [0.25, 0.3) is 0 Å². The molecule has 0 atom stereocenters. The highest BCUT2D eigenvalue weighted by Gasteiger charge is 2.34. The molecule has 0 unspecified atom stereocenters. The van der Waals surface area contributed by atoms with Gasteiger partial charge in [-0.2, -0.15) is 13.2 Å². The lowest BCUT2D eigenvalue weighted by Gasteiger charge is -2.02. The molecule has 11 heavy (non-hydrogen) atoms. The van der Waals surface area contributed by atoms with Gasteiger partial charge in [0.1, 0.15) is 0 Å². The number of alkyl halides is 3. The zero-order chi connectivity index (χ0) is 8.65. The number of halogens is 5. The lowest BCUT2D eigenvalue weighted by molar-refractivity contribution is -0.137. The molecule has 0 nitrogen and oxygen atoms in total. The standard InChI is InChI=1S/C5HBr2F3S/c6-3-1-2(4(7)11-3)5(8,9)10/h1H. The second-order valence-electron chi connectivity index (χ2n) is 1.74. The van der Waals surface area contributed by atoms with Crippen molar-refractivity contribution in [3.8, 4) is 0 Å². The van der Waals surface area contributed by atoms with Gasteiger partial charge < -0.3 is 0 Å². The molecule has 62 valence electrons. The Bertz CT molecular complexity index is 265. The number of thiophene rings is 1. The molecule has 1 heterocycles. The third-order valence-corrected chi connectivity index (χ3v) is 3.30. The fourth-order valence-electron chi connectivity index (χ4n) is 0.534. The van der Waals surface area contributed by atoms with E-state index in [0.29, 0.717) is 3.79 Å². The van der Waals surface area contributed by atoms with E-state index in [1.54, 1.807) is 0 Å². The summed E-state index contributed by atoms with van der Waals surface area (Å²) in [5.74, 6) is 0. The van der Waals surface area contributed by atoms with Crippen LogP contribution in [0.4, 0.5) is 13.2 Å². The normalized spacial score (nSPS) is 12.1. The van der Waals surface area contributed by atoms with Gasteiger partial charge in [0.2, 0.25) is 0 Å². The van der Waals surface area contributed by atoms with Gasteiger partial charge in [0.15, 0.2) is 0 Å². The Balaban J connectivity index is 3.13. The van der Waals surface area contributed by atoms with Gasteiger partial charge in [-0.05, 0) is 37.9 Å². The Morgan fingerprint density at radius 1 is 1.27 bits per heavy atom. The Morgan fingerprint density at radius 3 is 2.00 bits per heavy atom. The quantitative estimate of drug-likeness (QED) is 0.670. The maximum absolute atomic E-state index is 12.0. The largest absolute Gasteiger partial charge is 0.418 e. The first kappa shape index (κ1) is 9.54. The van der Waals surface area contributed by atoms with Gasteiger partial charge in [0.25, 0.3) is 0 Å². The summed E-state index contributed by atoms with van der Waals surface area (Å²) in [4.78, 5) is 0. The number of hydrogen-bond donors (Lipinski definition) is 0. The van der Waals surface area contributed by atoms with Crippen LogP contribution < -0.4 is 0 Å². The zero-order valence-corrected chi connectivity index (χ0v) is 8.86. The molecule has 0 aliphatic heterocycles. The van der Waals surface area contributed by atoms with Crippen LogP contribution in [0.15, 0.2) is 13.6 Å². The monoisotopic (exact) mass is 308 g/mol. The van der Waals surface area contributed by atoms with E-state index < -0.39 is 11.7 Å². The lowest BCUT2D eigenvalue weighted by Crippen LogP contribution is -2.02. The topological polar surface area (TPSA) is 0 Å². The van der Waals surface area contributed by atoms with Crippen LogP contribution in [-0.2, 0) is 6.18 Å². The Hall–Kier alpha value is 0.450. The molecule has 0 aliphatic rings. The van der Waals surface area contributed by atoms with Gasteiger partial charge in [0.05, 0.1) is 13.1 Å². The van der Waals surface area contributed by atoms with E-state index >= 15 is 0 Å². The average Bonchev–Trinajstić information content (AvgIpc) is 2.08. The Kier molecular flexibility index (Phi) is 2.66. The maximum Gasteiger partial charge on any atom is 0.418 e. The molecule has 0 aromatic carbocycles. The van der Waals surface area contributed by atoms with Gasteiger partial charge in [-0.1, -0.05) is 0 Å². The number of rotatable bonds is 0. The van der Waals surface area contributed by atoms with Gasteiger partial charge >= 0.3 is 6.18 Å². The van der Waals surface area contributed by atoms with Crippen molar-refractivity contribution in [2.24, 2.45) is 0 Å². The predicted octanol–water partition coefficient (Wildman–Crippen LogP) is 4.29. The van der Waals surface area contributed by atoms with Crippen LogP contribution in [-0.4, -0.2) is 0 Å². The van der Waals surface area contributed by atoms with Crippen molar-refractivity contribution in [1.82, 2.24) is 0 Å². The molecule has 0 fully saturated rings. The minimum Gasteiger partial charge on any atom is -0.166 e. The Morgan fingerprint density at radius 2 is 1.82 bits per heavy atom. The molecule has 0 amide bonds. The molecule has 0 N–H and O–H groups in total. The molecule has 0 radical (unpaired) electrons. The zero-order valence-electron chi connectivity index (χ0n) is 4.88. The second kappa shape index (κ2) is 3.06. The third-order valence-electron chi connectivity index (χ3n) is 0.962. The van der Waals surface area contributed by atoms with Crippen LogP contribution in [0.1, 0.15) is 5.56 Å². The summed E-state index contributed by atoms with van der Waals surface area (Å²) in [6, 6.07) is 1.05. The second-order valence-corrected chi connectivity index (χ2v) is 5.48. The van der Waals surface area contributed by atoms with Crippen molar-refractivity contribution in [1.29, 1.82) is 0 Å². The molecule has 0 saturated heterocycles. The average molecular weight is 310 g/mol. The van der Waals surface area contributed by atoms with Crippen molar-refractivity contribution in [2.75, 3.05) is 0 Å². The first-order valence-corrected chi connectivity index (χ1v) is 4.83. The SMILES string of the molecule is FC(F)(F)c1cc(Br)sc1Br. The fourth-order valence-corrected chi connectivity index (χ4v) is 3.39. The summed E-state index contributed by atoms with van der Waals surface area (Å²) in [7, 11) is 0. The van der Waals surface area contributed by atoms with E-state index in [2.05, 4.69) is 31.9 Å². The van der Waals surface area contributed by atoms with Crippen LogP contribution in [0.5, 0.6) is 0 Å². The maximum atomic E-state index is 12.0. The smallest absolute Gasteiger partial charge is 0.166 e. The van der Waals surface area contributed by atoms with Gasteiger partial charge in [-0.3, -0.25) is 0 Å². The van der Waals surface area contributed by atoms with E-state index in [1.165, 1.54) is 0 Å². The van der Waals surface area contributed by atoms with Crippen LogP contribution in [0.2, 0.25) is 0 Å². The van der Waals surface area contributed by atoms with E-state index in [-0.39, 0.29) is 3.79 Å². The highest BCUT2D eigenvalue weighted by molar-refractivity contribution is 9.12. The highest BCUT2D eigenvalue weighted by Crippen LogP contribution is 2.41. The molecular weight excluding hydrogens is 309 g/mol. The molecule has 0 saturated carbocycles. The summed E-state index contributed by atoms with van der Waals surface area (Å²) in [6.07, 6.45) is -4.26. The van der Waals surface area contributed by atoms with Crippen LogP contribution >= 0.6 is 43.2 Å². The van der Waals surface area contributed by atoms with E-state index in [4.69, 9.17) is 0 Å². The fraction of sp³-hybridized carbons (Fsp3) is 0.200. The van der Waals surface area contributed by atoms with Crippen LogP contribution in [0, 0.1) is 0 Å². The number of hydrogen-bond acceptors (Lipinski definition) is 1. The summed E-state index contributed by atoms with van der Waals surface area (Å²) in [6.45, 7) is 0. The first-order chi connectivity index (χ1) is 4.91. The summed E-state index contributed by atoms with van der Waals surface area (Å²) in [5, 5.41) is 0. The molecule has 1 aromatic heterocycles. The first-order valence-electron chi connectivity index (χ1n) is 2.43. The van der Waals surface area contributed by atoms with Gasteiger partial charge in [0, 0.05) is 0 Å². The summed E-state index contributed by atoms with van der Waals surface area (Å²) < 4.78 is 36.6. The molecule has 0 aliphatic carbocycles. The third kappa shape index (κ3) is 2.19. The van der Waals surface area contributed by atoms with Crippen molar-refractivity contribution in [3.63, 3.8) is 0 Å². The molecular formula is C5HBr2F3S. The van der Waals surface area contributed by atoms with Gasteiger partial charge in [-0.25, -0.2) is 0 Å². The molecule has 1 aromatic rings. The summed E-state index contributed by atoms with van der Waals surface area (Å²) in [5.41, 5.74) is -0.630. The minimum absolute atomic E-state index is 0.108. The molecule has 0 bridgehead atoms. The molecule has 1 rings (SSSR count).